The van der Waals surface area contributed by atoms with Crippen LogP contribution < -0.4 is 15.5 Å². The van der Waals surface area contributed by atoms with Gasteiger partial charge in [-0.05, 0) is 24.1 Å². The average molecular weight is 291 g/mol. The van der Waals surface area contributed by atoms with Gasteiger partial charge in [0.2, 0.25) is 11.2 Å². The van der Waals surface area contributed by atoms with Crippen LogP contribution in [-0.4, -0.2) is 19.6 Å². The number of methoxy groups -OCH3 is 1. The number of rotatable bonds is 5. The highest BCUT2D eigenvalue weighted by Gasteiger charge is 2.11. The van der Waals surface area contributed by atoms with Crippen LogP contribution in [0.4, 0.5) is 4.39 Å². The Labute approximate surface area is 120 Å². The van der Waals surface area contributed by atoms with E-state index in [4.69, 9.17) is 9.15 Å². The molecule has 0 atom stereocenters. The molecule has 1 aromatic carbocycles. The van der Waals surface area contributed by atoms with Crippen LogP contribution in [0.15, 0.2) is 45.8 Å². The van der Waals surface area contributed by atoms with Gasteiger partial charge in [0, 0.05) is 12.6 Å². The largest absolute Gasteiger partial charge is 0.490 e. The van der Waals surface area contributed by atoms with Crippen LogP contribution in [-0.2, 0) is 6.42 Å². The molecule has 5 nitrogen and oxygen atoms in total. The van der Waals surface area contributed by atoms with E-state index in [1.165, 1.54) is 19.2 Å². The van der Waals surface area contributed by atoms with Crippen LogP contribution in [0.25, 0.3) is 0 Å². The summed E-state index contributed by atoms with van der Waals surface area (Å²) in [6.07, 6.45) is 1.64. The van der Waals surface area contributed by atoms with Crippen molar-refractivity contribution in [1.29, 1.82) is 0 Å². The Morgan fingerprint density at radius 3 is 2.67 bits per heavy atom. The predicted molar refractivity (Wildman–Crippen MR) is 74.0 cm³/mol. The summed E-state index contributed by atoms with van der Waals surface area (Å²) in [7, 11) is 1.34. The second-order valence-corrected chi connectivity index (χ2v) is 4.31. The molecule has 0 saturated carbocycles. The Morgan fingerprint density at radius 2 is 2.05 bits per heavy atom. The molecule has 0 fully saturated rings. The lowest BCUT2D eigenvalue weighted by molar-refractivity contribution is 0.0923. The van der Waals surface area contributed by atoms with E-state index in [-0.39, 0.29) is 17.3 Å². The summed E-state index contributed by atoms with van der Waals surface area (Å²) in [5.74, 6) is -0.836. The maximum atomic E-state index is 12.7. The zero-order chi connectivity index (χ0) is 15.2. The second kappa shape index (κ2) is 6.69. The van der Waals surface area contributed by atoms with E-state index in [9.17, 15) is 14.0 Å². The zero-order valence-corrected chi connectivity index (χ0v) is 11.4. The summed E-state index contributed by atoms with van der Waals surface area (Å²) in [6.45, 7) is 0.347. The number of ether oxygens (including phenoxy) is 1. The highest BCUT2D eigenvalue weighted by Crippen LogP contribution is 2.05. The molecular weight excluding hydrogens is 277 g/mol. The van der Waals surface area contributed by atoms with Gasteiger partial charge in [0.25, 0.3) is 5.91 Å². The van der Waals surface area contributed by atoms with Crippen molar-refractivity contribution in [2.75, 3.05) is 13.7 Å². The maximum Gasteiger partial charge on any atom is 0.287 e. The van der Waals surface area contributed by atoms with Gasteiger partial charge in [0.05, 0.1) is 7.11 Å². The third-order valence-electron chi connectivity index (χ3n) is 2.85. The number of hydrogen-bond acceptors (Lipinski definition) is 4. The van der Waals surface area contributed by atoms with E-state index >= 15 is 0 Å². The van der Waals surface area contributed by atoms with Crippen LogP contribution in [0.1, 0.15) is 16.1 Å². The van der Waals surface area contributed by atoms with Crippen molar-refractivity contribution in [3.05, 3.63) is 64.0 Å². The lowest BCUT2D eigenvalue weighted by Crippen LogP contribution is -2.26. The number of benzene rings is 1. The highest BCUT2D eigenvalue weighted by atomic mass is 19.1. The summed E-state index contributed by atoms with van der Waals surface area (Å²) in [4.78, 5) is 23.3. The molecule has 0 saturated heterocycles. The smallest absolute Gasteiger partial charge is 0.287 e. The fourth-order valence-corrected chi connectivity index (χ4v) is 1.73. The molecule has 0 unspecified atom stereocenters. The van der Waals surface area contributed by atoms with Gasteiger partial charge in [0.15, 0.2) is 5.76 Å². The Hall–Kier alpha value is -2.63. The molecule has 110 valence electrons. The Morgan fingerprint density at radius 1 is 1.33 bits per heavy atom. The fourth-order valence-electron chi connectivity index (χ4n) is 1.73. The number of carbonyl (C=O) groups is 1. The average Bonchev–Trinajstić information content (AvgIpc) is 2.49. The van der Waals surface area contributed by atoms with Gasteiger partial charge in [-0.1, -0.05) is 12.1 Å². The quantitative estimate of drug-likeness (QED) is 0.911. The molecule has 2 rings (SSSR count). The van der Waals surface area contributed by atoms with Crippen LogP contribution >= 0.6 is 0 Å². The minimum absolute atomic E-state index is 0.0397. The summed E-state index contributed by atoms with van der Waals surface area (Å²) in [5, 5.41) is 2.62. The van der Waals surface area contributed by atoms with Crippen molar-refractivity contribution in [2.45, 2.75) is 6.42 Å². The van der Waals surface area contributed by atoms with Crippen LogP contribution in [0.2, 0.25) is 0 Å². The Kier molecular flexibility index (Phi) is 4.71. The van der Waals surface area contributed by atoms with E-state index in [1.54, 1.807) is 12.1 Å². The number of halogens is 1. The lowest BCUT2D eigenvalue weighted by atomic mass is 10.1. The molecule has 0 aliphatic rings. The molecule has 2 aromatic rings. The molecule has 21 heavy (non-hydrogen) atoms. The number of hydrogen-bond donors (Lipinski definition) is 1. The minimum atomic E-state index is -0.489. The Bertz CT molecular complexity index is 679. The topological polar surface area (TPSA) is 68.5 Å². The first-order valence-corrected chi connectivity index (χ1v) is 6.29. The molecule has 1 heterocycles. The first kappa shape index (κ1) is 14.8. The zero-order valence-electron chi connectivity index (χ0n) is 11.4. The van der Waals surface area contributed by atoms with Gasteiger partial charge < -0.3 is 14.5 Å². The first-order chi connectivity index (χ1) is 10.1. The van der Waals surface area contributed by atoms with Crippen molar-refractivity contribution in [3.63, 3.8) is 0 Å². The second-order valence-electron chi connectivity index (χ2n) is 4.31. The van der Waals surface area contributed by atoms with Gasteiger partial charge in [-0.2, -0.15) is 0 Å². The van der Waals surface area contributed by atoms with Crippen molar-refractivity contribution >= 4 is 5.91 Å². The molecule has 1 N–H and O–H groups in total. The van der Waals surface area contributed by atoms with Gasteiger partial charge in [-0.25, -0.2) is 4.39 Å². The third kappa shape index (κ3) is 3.92. The van der Waals surface area contributed by atoms with Gasteiger partial charge in [0.1, 0.15) is 12.1 Å². The van der Waals surface area contributed by atoms with Gasteiger partial charge >= 0.3 is 0 Å². The molecule has 0 aliphatic heterocycles. The van der Waals surface area contributed by atoms with Crippen LogP contribution in [0, 0.1) is 5.82 Å². The molecule has 0 radical (unpaired) electrons. The van der Waals surface area contributed by atoms with Crippen LogP contribution in [0.3, 0.4) is 0 Å². The molecule has 1 aromatic heterocycles. The summed E-state index contributed by atoms with van der Waals surface area (Å²) in [5.41, 5.74) is 0.473. The van der Waals surface area contributed by atoms with Crippen molar-refractivity contribution < 1.29 is 18.3 Å². The van der Waals surface area contributed by atoms with Gasteiger partial charge in [-0.3, -0.25) is 9.59 Å². The third-order valence-corrected chi connectivity index (χ3v) is 2.85. The molecule has 1 amide bonds. The lowest BCUT2D eigenvalue weighted by Gasteiger charge is -2.05. The summed E-state index contributed by atoms with van der Waals surface area (Å²) in [6, 6.07) is 7.09. The minimum Gasteiger partial charge on any atom is -0.490 e. The molecular formula is C15H14FNO4. The van der Waals surface area contributed by atoms with Gasteiger partial charge in [-0.15, -0.1) is 0 Å². The number of amides is 1. The molecule has 6 heteroatoms. The molecule has 0 spiro atoms. The monoisotopic (exact) mass is 291 g/mol. The van der Waals surface area contributed by atoms with E-state index in [0.717, 1.165) is 17.9 Å². The molecule has 0 bridgehead atoms. The maximum absolute atomic E-state index is 12.7. The van der Waals surface area contributed by atoms with E-state index < -0.39 is 11.3 Å². The first-order valence-electron chi connectivity index (χ1n) is 6.29. The van der Waals surface area contributed by atoms with Crippen molar-refractivity contribution in [1.82, 2.24) is 5.32 Å². The number of nitrogens with one attached hydrogen (secondary N) is 1. The highest BCUT2D eigenvalue weighted by molar-refractivity contribution is 5.91. The normalized spacial score (nSPS) is 10.2. The Balaban J connectivity index is 1.91. The van der Waals surface area contributed by atoms with Crippen molar-refractivity contribution in [3.8, 4) is 5.75 Å². The van der Waals surface area contributed by atoms with E-state index in [0.29, 0.717) is 13.0 Å². The SMILES string of the molecule is COc1coc(C(=O)NCCc2ccc(F)cc2)cc1=O. The summed E-state index contributed by atoms with van der Waals surface area (Å²) >= 11 is 0. The van der Waals surface area contributed by atoms with Crippen molar-refractivity contribution in [2.24, 2.45) is 0 Å². The fraction of sp³-hybridized carbons (Fsp3) is 0.200. The van der Waals surface area contributed by atoms with Crippen LogP contribution in [0.5, 0.6) is 5.75 Å². The van der Waals surface area contributed by atoms with E-state index in [2.05, 4.69) is 5.32 Å². The summed E-state index contributed by atoms with van der Waals surface area (Å²) < 4.78 is 22.5. The van der Waals surface area contributed by atoms with E-state index in [1.807, 2.05) is 0 Å². The molecule has 0 aliphatic carbocycles. The predicted octanol–water partition coefficient (Wildman–Crippen LogP) is 1.76. The number of carbonyl (C=O) groups excluding carboxylic acids is 1. The standard InChI is InChI=1S/C15H14FNO4/c1-20-14-9-21-13(8-12(14)18)15(19)17-7-6-10-2-4-11(16)5-3-10/h2-5,8-9H,6-7H2,1H3,(H,17,19).